The minimum Gasteiger partial charge on any atom is -0.392 e. The number of aliphatic hydroxyl groups excluding tert-OH is 1. The molecule has 0 amide bonds. The zero-order chi connectivity index (χ0) is 10.8. The smallest absolute Gasteiger partial charge is 0.0684 e. The Morgan fingerprint density at radius 1 is 1.53 bits per heavy atom. The molecular formula is C12H18N2O. The topological polar surface area (TPSA) is 35.5 Å². The van der Waals surface area contributed by atoms with Crippen LogP contribution in [-0.2, 0) is 6.42 Å². The molecule has 2 N–H and O–H groups in total. The van der Waals surface area contributed by atoms with Gasteiger partial charge in [0.1, 0.15) is 0 Å². The van der Waals surface area contributed by atoms with Crippen LogP contribution in [0.3, 0.4) is 0 Å². The Hall–Kier alpha value is -1.22. The number of aliphatic hydroxyl groups is 1. The van der Waals surface area contributed by atoms with Gasteiger partial charge in [0.25, 0.3) is 0 Å². The maximum atomic E-state index is 9.18. The van der Waals surface area contributed by atoms with Gasteiger partial charge in [0.15, 0.2) is 0 Å². The Balaban J connectivity index is 2.09. The molecule has 0 aromatic heterocycles. The second kappa shape index (κ2) is 4.11. The summed E-state index contributed by atoms with van der Waals surface area (Å²) in [6.07, 6.45) is 0.816. The van der Waals surface area contributed by atoms with Crippen molar-refractivity contribution >= 4 is 11.4 Å². The summed E-state index contributed by atoms with van der Waals surface area (Å²) >= 11 is 0. The van der Waals surface area contributed by atoms with Gasteiger partial charge in [-0.15, -0.1) is 0 Å². The molecule has 82 valence electrons. The third-order valence-electron chi connectivity index (χ3n) is 2.81. The molecule has 1 atom stereocenters. The summed E-state index contributed by atoms with van der Waals surface area (Å²) < 4.78 is 0. The van der Waals surface area contributed by atoms with Crippen LogP contribution in [0.4, 0.5) is 11.4 Å². The van der Waals surface area contributed by atoms with E-state index in [0.29, 0.717) is 6.54 Å². The average molecular weight is 206 g/mol. The zero-order valence-electron chi connectivity index (χ0n) is 9.33. The van der Waals surface area contributed by atoms with Gasteiger partial charge in [-0.2, -0.15) is 0 Å². The molecule has 1 unspecified atom stereocenters. The molecule has 1 aromatic carbocycles. The molecule has 1 aromatic rings. The summed E-state index contributed by atoms with van der Waals surface area (Å²) in [6, 6.07) is 6.40. The maximum absolute atomic E-state index is 9.18. The van der Waals surface area contributed by atoms with Crippen molar-refractivity contribution in [2.45, 2.75) is 19.4 Å². The van der Waals surface area contributed by atoms with E-state index in [2.05, 4.69) is 35.5 Å². The van der Waals surface area contributed by atoms with Gasteiger partial charge in [-0.1, -0.05) is 0 Å². The number of nitrogens with zero attached hydrogens (tertiary/aromatic N) is 1. The number of likely N-dealkylation sites (N-methyl/N-ethyl adjacent to an activating group) is 1. The molecule has 0 fully saturated rings. The minimum atomic E-state index is -0.305. The van der Waals surface area contributed by atoms with Gasteiger partial charge < -0.3 is 15.3 Å². The van der Waals surface area contributed by atoms with Crippen LogP contribution < -0.4 is 10.2 Å². The highest BCUT2D eigenvalue weighted by atomic mass is 16.3. The van der Waals surface area contributed by atoms with Crippen LogP contribution in [-0.4, -0.2) is 31.3 Å². The second-order valence-corrected chi connectivity index (χ2v) is 4.24. The van der Waals surface area contributed by atoms with E-state index in [0.717, 1.165) is 18.7 Å². The van der Waals surface area contributed by atoms with Crippen LogP contribution in [0.5, 0.6) is 0 Å². The van der Waals surface area contributed by atoms with Crippen LogP contribution in [0.25, 0.3) is 0 Å². The molecular weight excluding hydrogens is 188 g/mol. The normalized spacial score (nSPS) is 16.3. The fourth-order valence-corrected chi connectivity index (χ4v) is 1.94. The molecule has 1 aliphatic heterocycles. The number of hydrogen-bond donors (Lipinski definition) is 2. The summed E-state index contributed by atoms with van der Waals surface area (Å²) in [4.78, 5) is 2.27. The Labute approximate surface area is 90.7 Å². The second-order valence-electron chi connectivity index (χ2n) is 4.24. The monoisotopic (exact) mass is 206 g/mol. The SMILES string of the molecule is CC(O)CNc1ccc2c(c1)CCN2C. The molecule has 3 heteroatoms. The van der Waals surface area contributed by atoms with Gasteiger partial charge in [-0.25, -0.2) is 0 Å². The first-order valence-electron chi connectivity index (χ1n) is 5.43. The highest BCUT2D eigenvalue weighted by molar-refractivity contribution is 5.63. The Morgan fingerprint density at radius 2 is 2.33 bits per heavy atom. The van der Waals surface area contributed by atoms with Gasteiger partial charge in [0, 0.05) is 31.5 Å². The van der Waals surface area contributed by atoms with Gasteiger partial charge in [0.05, 0.1) is 6.10 Å². The van der Waals surface area contributed by atoms with Crippen molar-refractivity contribution in [1.82, 2.24) is 0 Å². The van der Waals surface area contributed by atoms with Crippen molar-refractivity contribution in [1.29, 1.82) is 0 Å². The molecule has 0 aliphatic carbocycles. The van der Waals surface area contributed by atoms with Gasteiger partial charge in [0.2, 0.25) is 0 Å². The third kappa shape index (κ3) is 2.23. The fraction of sp³-hybridized carbons (Fsp3) is 0.500. The van der Waals surface area contributed by atoms with Crippen molar-refractivity contribution < 1.29 is 5.11 Å². The molecule has 1 aliphatic rings. The number of anilines is 2. The molecule has 0 spiro atoms. The number of benzene rings is 1. The van der Waals surface area contributed by atoms with Crippen molar-refractivity contribution in [3.63, 3.8) is 0 Å². The molecule has 3 nitrogen and oxygen atoms in total. The first-order chi connectivity index (χ1) is 7.16. The van der Waals surface area contributed by atoms with E-state index in [4.69, 9.17) is 0 Å². The Bertz CT molecular complexity index is 349. The van der Waals surface area contributed by atoms with Crippen LogP contribution >= 0.6 is 0 Å². The molecule has 15 heavy (non-hydrogen) atoms. The minimum absolute atomic E-state index is 0.305. The van der Waals surface area contributed by atoms with E-state index in [-0.39, 0.29) is 6.10 Å². The highest BCUT2D eigenvalue weighted by Crippen LogP contribution is 2.28. The van der Waals surface area contributed by atoms with E-state index in [1.807, 2.05) is 0 Å². The number of rotatable bonds is 3. The lowest BCUT2D eigenvalue weighted by molar-refractivity contribution is 0.208. The van der Waals surface area contributed by atoms with E-state index in [9.17, 15) is 5.11 Å². The van der Waals surface area contributed by atoms with Gasteiger partial charge >= 0.3 is 0 Å². The van der Waals surface area contributed by atoms with Crippen molar-refractivity contribution in [2.24, 2.45) is 0 Å². The summed E-state index contributed by atoms with van der Waals surface area (Å²) in [5.41, 5.74) is 3.83. The molecule has 0 saturated heterocycles. The van der Waals surface area contributed by atoms with Crippen molar-refractivity contribution in [2.75, 3.05) is 30.4 Å². The largest absolute Gasteiger partial charge is 0.392 e. The van der Waals surface area contributed by atoms with Crippen LogP contribution in [0.15, 0.2) is 18.2 Å². The maximum Gasteiger partial charge on any atom is 0.0684 e. The average Bonchev–Trinajstić information content (AvgIpc) is 2.57. The Kier molecular flexibility index (Phi) is 2.82. The highest BCUT2D eigenvalue weighted by Gasteiger charge is 2.15. The van der Waals surface area contributed by atoms with E-state index in [1.54, 1.807) is 6.92 Å². The van der Waals surface area contributed by atoms with Crippen LogP contribution in [0.1, 0.15) is 12.5 Å². The van der Waals surface area contributed by atoms with E-state index in [1.165, 1.54) is 11.3 Å². The number of nitrogens with one attached hydrogen (secondary N) is 1. The lowest BCUT2D eigenvalue weighted by Crippen LogP contribution is -2.15. The van der Waals surface area contributed by atoms with Crippen molar-refractivity contribution in [3.8, 4) is 0 Å². The van der Waals surface area contributed by atoms with Gasteiger partial charge in [-0.3, -0.25) is 0 Å². The standard InChI is InChI=1S/C12H18N2O/c1-9(15)8-13-11-3-4-12-10(7-11)5-6-14(12)2/h3-4,7,9,13,15H,5-6,8H2,1-2H3. The molecule has 0 bridgehead atoms. The predicted molar refractivity (Wildman–Crippen MR) is 63.6 cm³/mol. The predicted octanol–water partition coefficient (Wildman–Crippen LogP) is 1.47. The summed E-state index contributed by atoms with van der Waals surface area (Å²) in [7, 11) is 2.12. The van der Waals surface area contributed by atoms with Crippen molar-refractivity contribution in [3.05, 3.63) is 23.8 Å². The quantitative estimate of drug-likeness (QED) is 0.786. The number of fused-ring (bicyclic) bond motifs is 1. The zero-order valence-corrected chi connectivity index (χ0v) is 9.33. The first-order valence-corrected chi connectivity index (χ1v) is 5.43. The molecule has 2 rings (SSSR count). The first kappa shape index (κ1) is 10.3. The molecule has 0 saturated carbocycles. The summed E-state index contributed by atoms with van der Waals surface area (Å²) in [6.45, 7) is 3.50. The summed E-state index contributed by atoms with van der Waals surface area (Å²) in [5, 5.41) is 12.4. The van der Waals surface area contributed by atoms with Crippen LogP contribution in [0.2, 0.25) is 0 Å². The molecule has 0 radical (unpaired) electrons. The van der Waals surface area contributed by atoms with E-state index >= 15 is 0 Å². The molecule has 1 heterocycles. The van der Waals surface area contributed by atoms with Crippen LogP contribution in [0, 0.1) is 0 Å². The Morgan fingerprint density at radius 3 is 3.07 bits per heavy atom. The fourth-order valence-electron chi connectivity index (χ4n) is 1.94. The van der Waals surface area contributed by atoms with Gasteiger partial charge in [-0.05, 0) is 37.1 Å². The third-order valence-corrected chi connectivity index (χ3v) is 2.81. The summed E-state index contributed by atoms with van der Waals surface area (Å²) in [5.74, 6) is 0. The number of hydrogen-bond acceptors (Lipinski definition) is 3. The lowest BCUT2D eigenvalue weighted by atomic mass is 10.1. The lowest BCUT2D eigenvalue weighted by Gasteiger charge is -2.13. The van der Waals surface area contributed by atoms with E-state index < -0.39 is 0 Å².